The minimum atomic E-state index is -1.25. The molecule has 0 saturated carbocycles. The molecule has 0 radical (unpaired) electrons. The third-order valence-electron chi connectivity index (χ3n) is 6.50. The van der Waals surface area contributed by atoms with E-state index >= 15 is 0 Å². The van der Waals surface area contributed by atoms with E-state index in [1.54, 1.807) is 84.9 Å². The molecule has 2 aromatic heterocycles. The average Bonchev–Trinajstić information content (AvgIpc) is 2.96. The van der Waals surface area contributed by atoms with Crippen molar-refractivity contribution >= 4 is 27.6 Å². The van der Waals surface area contributed by atoms with E-state index in [0.717, 1.165) is 0 Å². The molecule has 0 spiro atoms. The molecule has 39 heavy (non-hydrogen) atoms. The van der Waals surface area contributed by atoms with Gasteiger partial charge in [-0.05, 0) is 59.3 Å². The van der Waals surface area contributed by atoms with Gasteiger partial charge in [0.2, 0.25) is 0 Å². The molecule has 8 heteroatoms. The second kappa shape index (κ2) is 9.75. The summed E-state index contributed by atoms with van der Waals surface area (Å²) in [5.41, 5.74) is -1.61. The molecule has 0 aliphatic carbocycles. The van der Waals surface area contributed by atoms with E-state index in [1.165, 1.54) is 0 Å². The summed E-state index contributed by atoms with van der Waals surface area (Å²) in [7, 11) is 0. The first kappa shape index (κ1) is 23.9. The van der Waals surface area contributed by atoms with E-state index in [0.29, 0.717) is 22.4 Å². The van der Waals surface area contributed by atoms with Gasteiger partial charge in [-0.2, -0.15) is 0 Å². The van der Waals surface area contributed by atoms with Crippen LogP contribution in [0.3, 0.4) is 0 Å². The number of para-hydroxylation sites is 3. The van der Waals surface area contributed by atoms with Crippen molar-refractivity contribution < 1.29 is 18.7 Å². The second-order valence-corrected chi connectivity index (χ2v) is 8.80. The Morgan fingerprint density at radius 3 is 1.85 bits per heavy atom. The minimum absolute atomic E-state index is 0.168. The van der Waals surface area contributed by atoms with Crippen molar-refractivity contribution in [3.05, 3.63) is 146 Å². The van der Waals surface area contributed by atoms with Crippen LogP contribution in [0, 0.1) is 4.91 Å². The van der Waals surface area contributed by atoms with E-state index in [1.807, 2.05) is 18.2 Å². The molecule has 4 aromatic carbocycles. The predicted octanol–water partition coefficient (Wildman–Crippen LogP) is 6.98. The van der Waals surface area contributed by atoms with Crippen LogP contribution in [0.25, 0.3) is 21.9 Å². The number of benzene rings is 4. The fourth-order valence-electron chi connectivity index (χ4n) is 4.73. The molecule has 0 aliphatic heterocycles. The maximum Gasteiger partial charge on any atom is 0.344 e. The number of hydrogen-bond donors (Lipinski definition) is 1. The standard InChI is InChI=1S/C31H19NO7/c33-29-22-11-5-7-13-24(22)39-31(35)27(29)25(18-14-16-20(17-15-18)37-19-8-2-1-3-9-19)26-28(32-36)21-10-4-6-12-23(21)38-30(26)34/h1-17,25,33H. The van der Waals surface area contributed by atoms with Crippen molar-refractivity contribution in [1.82, 2.24) is 0 Å². The fraction of sp³-hybridized carbons (Fsp3) is 0.0323. The first-order valence-corrected chi connectivity index (χ1v) is 12.0. The molecule has 0 amide bonds. The monoisotopic (exact) mass is 517 g/mol. The molecule has 6 rings (SSSR count). The Bertz CT molecular complexity index is 1960. The van der Waals surface area contributed by atoms with Gasteiger partial charge < -0.3 is 18.7 Å². The summed E-state index contributed by atoms with van der Waals surface area (Å²) in [6.45, 7) is 0. The zero-order chi connectivity index (χ0) is 26.9. The van der Waals surface area contributed by atoms with E-state index < -0.39 is 17.2 Å². The van der Waals surface area contributed by atoms with Crippen molar-refractivity contribution in [2.75, 3.05) is 0 Å². The molecule has 1 N–H and O–H groups in total. The van der Waals surface area contributed by atoms with Crippen molar-refractivity contribution in [3.8, 4) is 17.2 Å². The summed E-state index contributed by atoms with van der Waals surface area (Å²) in [5.74, 6) is -0.499. The number of fused-ring (bicyclic) bond motifs is 2. The van der Waals surface area contributed by atoms with Gasteiger partial charge in [0.15, 0.2) is 0 Å². The Labute approximate surface area is 220 Å². The Morgan fingerprint density at radius 1 is 0.641 bits per heavy atom. The summed E-state index contributed by atoms with van der Waals surface area (Å²) in [4.78, 5) is 38.9. The largest absolute Gasteiger partial charge is 0.507 e. The maximum absolute atomic E-state index is 13.4. The van der Waals surface area contributed by atoms with Crippen molar-refractivity contribution in [1.29, 1.82) is 0 Å². The van der Waals surface area contributed by atoms with Crippen LogP contribution < -0.4 is 16.0 Å². The maximum atomic E-state index is 13.4. The van der Waals surface area contributed by atoms with Crippen LogP contribution in [-0.2, 0) is 0 Å². The Kier molecular flexibility index (Phi) is 5.97. The molecule has 6 aromatic rings. The zero-order valence-corrected chi connectivity index (χ0v) is 20.2. The molecule has 0 aliphatic rings. The van der Waals surface area contributed by atoms with Crippen LogP contribution in [0.5, 0.6) is 17.2 Å². The lowest BCUT2D eigenvalue weighted by Crippen LogP contribution is -2.21. The SMILES string of the molecule is O=Nc1c(C(c2ccc(Oc3ccccc3)cc2)c2c(O)c3ccccc3oc2=O)c(=O)oc2ccccc12. The van der Waals surface area contributed by atoms with Crippen LogP contribution in [0.1, 0.15) is 22.6 Å². The van der Waals surface area contributed by atoms with Gasteiger partial charge in [-0.3, -0.25) is 0 Å². The number of ether oxygens (including phenoxy) is 1. The lowest BCUT2D eigenvalue weighted by Gasteiger charge is -2.20. The normalized spacial score (nSPS) is 11.9. The first-order valence-electron chi connectivity index (χ1n) is 12.0. The van der Waals surface area contributed by atoms with Crippen LogP contribution in [-0.4, -0.2) is 5.11 Å². The number of nitrogens with zero attached hydrogens (tertiary/aromatic N) is 1. The summed E-state index contributed by atoms with van der Waals surface area (Å²) in [5, 5.41) is 15.1. The van der Waals surface area contributed by atoms with Gasteiger partial charge in [0, 0.05) is 5.39 Å². The number of nitroso groups, excluding NO2 is 1. The molecular weight excluding hydrogens is 498 g/mol. The van der Waals surface area contributed by atoms with Crippen LogP contribution in [0.4, 0.5) is 5.69 Å². The smallest absolute Gasteiger partial charge is 0.344 e. The number of rotatable bonds is 6. The highest BCUT2D eigenvalue weighted by Gasteiger charge is 2.33. The first-order chi connectivity index (χ1) is 19.0. The van der Waals surface area contributed by atoms with Gasteiger partial charge in [-0.15, -0.1) is 4.91 Å². The third-order valence-corrected chi connectivity index (χ3v) is 6.50. The molecular formula is C31H19NO7. The van der Waals surface area contributed by atoms with Crippen molar-refractivity contribution in [2.24, 2.45) is 5.18 Å². The minimum Gasteiger partial charge on any atom is -0.507 e. The molecule has 0 bridgehead atoms. The highest BCUT2D eigenvalue weighted by atomic mass is 16.5. The van der Waals surface area contributed by atoms with Gasteiger partial charge in [-0.1, -0.05) is 54.6 Å². The topological polar surface area (TPSA) is 119 Å². The second-order valence-electron chi connectivity index (χ2n) is 8.80. The summed E-state index contributed by atoms with van der Waals surface area (Å²) >= 11 is 0. The fourth-order valence-corrected chi connectivity index (χ4v) is 4.73. The van der Waals surface area contributed by atoms with Crippen molar-refractivity contribution in [3.63, 3.8) is 0 Å². The number of hydrogen-bond acceptors (Lipinski definition) is 8. The van der Waals surface area contributed by atoms with Gasteiger partial charge in [-0.25, -0.2) is 9.59 Å². The molecule has 8 nitrogen and oxygen atoms in total. The molecule has 2 heterocycles. The average molecular weight is 517 g/mol. The predicted molar refractivity (Wildman–Crippen MR) is 146 cm³/mol. The lowest BCUT2D eigenvalue weighted by molar-refractivity contribution is 0.453. The highest BCUT2D eigenvalue weighted by Crippen LogP contribution is 2.42. The van der Waals surface area contributed by atoms with Crippen LogP contribution in [0.2, 0.25) is 0 Å². The Hall–Kier alpha value is -5.50. The lowest BCUT2D eigenvalue weighted by atomic mass is 9.84. The van der Waals surface area contributed by atoms with E-state index in [9.17, 15) is 19.6 Å². The van der Waals surface area contributed by atoms with E-state index in [2.05, 4.69) is 5.18 Å². The van der Waals surface area contributed by atoms with Gasteiger partial charge in [0.05, 0.1) is 22.4 Å². The van der Waals surface area contributed by atoms with Crippen LogP contribution >= 0.6 is 0 Å². The van der Waals surface area contributed by atoms with Gasteiger partial charge in [0.1, 0.15) is 34.1 Å². The van der Waals surface area contributed by atoms with Crippen molar-refractivity contribution in [2.45, 2.75) is 5.92 Å². The van der Waals surface area contributed by atoms with E-state index in [4.69, 9.17) is 13.6 Å². The molecule has 0 fully saturated rings. The van der Waals surface area contributed by atoms with E-state index in [-0.39, 0.29) is 39.1 Å². The number of aromatic hydroxyl groups is 1. The highest BCUT2D eigenvalue weighted by molar-refractivity contribution is 5.91. The summed E-state index contributed by atoms with van der Waals surface area (Å²) in [6, 6.07) is 28.7. The molecule has 1 unspecified atom stereocenters. The third kappa shape index (κ3) is 4.23. The molecule has 0 saturated heterocycles. The summed E-state index contributed by atoms with van der Waals surface area (Å²) < 4.78 is 16.9. The quantitative estimate of drug-likeness (QED) is 0.187. The van der Waals surface area contributed by atoms with Gasteiger partial charge >= 0.3 is 11.3 Å². The molecule has 190 valence electrons. The zero-order valence-electron chi connectivity index (χ0n) is 20.2. The summed E-state index contributed by atoms with van der Waals surface area (Å²) in [6.07, 6.45) is 0. The van der Waals surface area contributed by atoms with Gasteiger partial charge in [0.25, 0.3) is 0 Å². The Morgan fingerprint density at radius 2 is 1.18 bits per heavy atom. The molecule has 1 atom stereocenters. The Balaban J connectivity index is 1.61. The van der Waals surface area contributed by atoms with Crippen LogP contribution in [0.15, 0.2) is 127 Å².